The van der Waals surface area contributed by atoms with Crippen molar-refractivity contribution in [3.8, 4) is 0 Å². The molecule has 0 aliphatic carbocycles. The Hall–Kier alpha value is 0.445. The van der Waals surface area contributed by atoms with Crippen LogP contribution >= 0.6 is 23.2 Å². The molecule has 0 fully saturated rings. The summed E-state index contributed by atoms with van der Waals surface area (Å²) in [6.45, 7) is 3.90. The minimum absolute atomic E-state index is 0.556. The van der Waals surface area contributed by atoms with Crippen molar-refractivity contribution in [2.75, 3.05) is 12.5 Å². The SMILES string of the molecule is C=CBCl.CSC. The molecular formula is C4H10BClS. The van der Waals surface area contributed by atoms with E-state index in [0.29, 0.717) is 6.69 Å². The molecule has 0 heterocycles. The van der Waals surface area contributed by atoms with E-state index in [9.17, 15) is 0 Å². The van der Waals surface area contributed by atoms with Gasteiger partial charge in [-0.15, -0.1) is 12.6 Å². The fourth-order valence-corrected chi connectivity index (χ4v) is 0. The first-order valence-corrected chi connectivity index (χ1v) is 4.07. The summed E-state index contributed by atoms with van der Waals surface area (Å²) in [5.41, 5.74) is 0. The summed E-state index contributed by atoms with van der Waals surface area (Å²) in [7, 11) is 0. The van der Waals surface area contributed by atoms with Crippen LogP contribution in [0, 0.1) is 0 Å². The zero-order valence-corrected chi connectivity index (χ0v) is 6.35. The summed E-state index contributed by atoms with van der Waals surface area (Å²) in [5, 5.41) is 0. The summed E-state index contributed by atoms with van der Waals surface area (Å²) in [4.78, 5) is 0. The van der Waals surface area contributed by atoms with Crippen LogP contribution in [0.5, 0.6) is 0 Å². The number of thioether (sulfide) groups is 1. The van der Waals surface area contributed by atoms with Gasteiger partial charge in [-0.05, 0) is 12.5 Å². The Balaban J connectivity index is 0. The van der Waals surface area contributed by atoms with Crippen LogP contribution in [-0.4, -0.2) is 19.2 Å². The molecule has 7 heavy (non-hydrogen) atoms. The molecule has 0 amide bonds. The molecule has 0 saturated carbocycles. The average molecular weight is 136 g/mol. The lowest BCUT2D eigenvalue weighted by Gasteiger charge is -1.51. The van der Waals surface area contributed by atoms with Crippen LogP contribution < -0.4 is 0 Å². The van der Waals surface area contributed by atoms with E-state index in [2.05, 4.69) is 6.58 Å². The fraction of sp³-hybridized carbons (Fsp3) is 0.500. The van der Waals surface area contributed by atoms with E-state index in [1.54, 1.807) is 17.7 Å². The van der Waals surface area contributed by atoms with Gasteiger partial charge in [-0.25, -0.2) is 0 Å². The molecule has 42 valence electrons. The lowest BCUT2D eigenvalue weighted by Crippen LogP contribution is -1.54. The summed E-state index contributed by atoms with van der Waals surface area (Å²) in [6, 6.07) is 0. The first-order chi connectivity index (χ1) is 3.33. The second-order valence-corrected chi connectivity index (χ2v) is 1.98. The Morgan fingerprint density at radius 1 is 1.71 bits per heavy atom. The highest BCUT2D eigenvalue weighted by Crippen LogP contribution is 1.70. The van der Waals surface area contributed by atoms with Gasteiger partial charge in [-0.1, -0.05) is 0 Å². The van der Waals surface area contributed by atoms with E-state index in [-0.39, 0.29) is 0 Å². The molecule has 0 aromatic rings. The number of hydrogen-bond donors (Lipinski definition) is 0. The van der Waals surface area contributed by atoms with Gasteiger partial charge >= 0.3 is 0 Å². The minimum atomic E-state index is 0.556. The minimum Gasteiger partial charge on any atom is -0.195 e. The lowest BCUT2D eigenvalue weighted by molar-refractivity contribution is 2.37. The maximum absolute atomic E-state index is 5.07. The molecule has 0 N–H and O–H groups in total. The van der Waals surface area contributed by atoms with E-state index < -0.39 is 0 Å². The Labute approximate surface area is 55.5 Å². The Bertz CT molecular complexity index is 32.9. The van der Waals surface area contributed by atoms with Gasteiger partial charge in [0.2, 0.25) is 0 Å². The molecule has 0 spiro atoms. The third-order valence-corrected chi connectivity index (χ3v) is 0.327. The number of rotatable bonds is 1. The van der Waals surface area contributed by atoms with Crippen LogP contribution in [0.2, 0.25) is 0 Å². The van der Waals surface area contributed by atoms with Crippen molar-refractivity contribution >= 4 is 29.9 Å². The molecule has 0 aliphatic rings. The largest absolute Gasteiger partial charge is 0.257 e. The van der Waals surface area contributed by atoms with Crippen molar-refractivity contribution in [1.82, 2.24) is 0 Å². The molecule has 0 aromatic carbocycles. The molecule has 0 saturated heterocycles. The zero-order chi connectivity index (χ0) is 6.12. The predicted octanol–water partition coefficient (Wildman–Crippen LogP) is 1.70. The van der Waals surface area contributed by atoms with Gasteiger partial charge in [0.25, 0.3) is 6.69 Å². The lowest BCUT2D eigenvalue weighted by atomic mass is 10.1. The van der Waals surface area contributed by atoms with E-state index in [1.807, 2.05) is 12.5 Å². The van der Waals surface area contributed by atoms with E-state index in [4.69, 9.17) is 11.5 Å². The molecular weight excluding hydrogens is 126 g/mol. The Morgan fingerprint density at radius 3 is 1.86 bits per heavy atom. The predicted molar refractivity (Wildman–Crippen MR) is 42.6 cm³/mol. The molecule has 0 aliphatic heterocycles. The maximum Gasteiger partial charge on any atom is 0.257 e. The van der Waals surface area contributed by atoms with Crippen molar-refractivity contribution in [3.05, 3.63) is 12.6 Å². The van der Waals surface area contributed by atoms with Gasteiger partial charge in [0.15, 0.2) is 0 Å². The summed E-state index contributed by atoms with van der Waals surface area (Å²) < 4.78 is 0. The van der Waals surface area contributed by atoms with Gasteiger partial charge in [0, 0.05) is 0 Å². The van der Waals surface area contributed by atoms with Crippen LogP contribution in [-0.2, 0) is 0 Å². The normalized spacial score (nSPS) is 5.57. The van der Waals surface area contributed by atoms with Crippen LogP contribution in [0.1, 0.15) is 0 Å². The van der Waals surface area contributed by atoms with Crippen molar-refractivity contribution in [2.24, 2.45) is 0 Å². The van der Waals surface area contributed by atoms with Crippen LogP contribution in [0.15, 0.2) is 12.6 Å². The third kappa shape index (κ3) is 61.0. The first-order valence-electron chi connectivity index (χ1n) is 1.90. The first kappa shape index (κ1) is 10.4. The second-order valence-electron chi connectivity index (χ2n) is 0.851. The monoisotopic (exact) mass is 136 g/mol. The Kier molecular flexibility index (Phi) is 24.0. The smallest absolute Gasteiger partial charge is 0.195 e. The van der Waals surface area contributed by atoms with Crippen LogP contribution in [0.4, 0.5) is 0 Å². The molecule has 0 rings (SSSR count). The van der Waals surface area contributed by atoms with Crippen molar-refractivity contribution in [3.63, 3.8) is 0 Å². The molecule has 0 bridgehead atoms. The van der Waals surface area contributed by atoms with Gasteiger partial charge < -0.3 is 0 Å². The van der Waals surface area contributed by atoms with E-state index in [0.717, 1.165) is 0 Å². The molecule has 0 nitrogen and oxygen atoms in total. The Morgan fingerprint density at radius 2 is 1.86 bits per heavy atom. The van der Waals surface area contributed by atoms with Gasteiger partial charge in [0.1, 0.15) is 0 Å². The highest BCUT2D eigenvalue weighted by Gasteiger charge is 1.56. The second kappa shape index (κ2) is 16.1. The standard InChI is InChI=1S/C2H4BCl.C2H6S/c1-2-3-4;1-3-2/h2-3H,1H2;1-2H3. The van der Waals surface area contributed by atoms with Gasteiger partial charge in [0.05, 0.1) is 0 Å². The highest BCUT2D eigenvalue weighted by atomic mass is 35.5. The van der Waals surface area contributed by atoms with Crippen LogP contribution in [0.3, 0.4) is 0 Å². The van der Waals surface area contributed by atoms with E-state index >= 15 is 0 Å². The highest BCUT2D eigenvalue weighted by molar-refractivity contribution is 7.97. The molecule has 0 radical (unpaired) electrons. The quantitative estimate of drug-likeness (QED) is 0.495. The topological polar surface area (TPSA) is 0 Å². The van der Waals surface area contributed by atoms with Gasteiger partial charge in [-0.2, -0.15) is 23.2 Å². The summed E-state index contributed by atoms with van der Waals surface area (Å²) >= 11 is 6.82. The van der Waals surface area contributed by atoms with Crippen molar-refractivity contribution < 1.29 is 0 Å². The molecule has 0 unspecified atom stereocenters. The molecule has 3 heteroatoms. The van der Waals surface area contributed by atoms with Crippen LogP contribution in [0.25, 0.3) is 0 Å². The number of hydrogen-bond acceptors (Lipinski definition) is 1. The summed E-state index contributed by atoms with van der Waals surface area (Å²) in [5.74, 6) is 1.64. The summed E-state index contributed by atoms with van der Waals surface area (Å²) in [6.07, 6.45) is 4.08. The average Bonchev–Trinajstić information content (AvgIpc) is 1.69. The molecule has 0 atom stereocenters. The van der Waals surface area contributed by atoms with Crippen molar-refractivity contribution in [1.29, 1.82) is 0 Å². The number of halogens is 1. The van der Waals surface area contributed by atoms with Gasteiger partial charge in [-0.3, -0.25) is 0 Å². The van der Waals surface area contributed by atoms with Crippen molar-refractivity contribution in [2.45, 2.75) is 0 Å². The third-order valence-electron chi connectivity index (χ3n) is 0.109. The fourth-order valence-electron chi connectivity index (χ4n) is 0. The maximum atomic E-state index is 5.07. The zero-order valence-electron chi connectivity index (χ0n) is 4.78. The van der Waals surface area contributed by atoms with E-state index in [1.165, 1.54) is 0 Å². The molecule has 0 aromatic heterocycles.